The number of hydrogen-bond acceptors (Lipinski definition) is 6. The van der Waals surface area contributed by atoms with Crippen LogP contribution in [0.15, 0.2) is 47.3 Å². The third-order valence-corrected chi connectivity index (χ3v) is 4.18. The SMILES string of the molecule is COC(=O)c1ccc2c(=O)[nH]c(CN(C)Cc3cccc(OC)c3)nc2c1. The second kappa shape index (κ2) is 8.01. The van der Waals surface area contributed by atoms with Gasteiger partial charge in [-0.3, -0.25) is 9.69 Å². The molecule has 7 heteroatoms. The fourth-order valence-electron chi connectivity index (χ4n) is 2.90. The topological polar surface area (TPSA) is 84.5 Å². The molecule has 1 aromatic heterocycles. The first-order chi connectivity index (χ1) is 13.0. The molecule has 0 amide bonds. The van der Waals surface area contributed by atoms with E-state index in [1.54, 1.807) is 25.3 Å². The zero-order valence-electron chi connectivity index (χ0n) is 15.5. The molecule has 27 heavy (non-hydrogen) atoms. The highest BCUT2D eigenvalue weighted by Crippen LogP contribution is 2.15. The van der Waals surface area contributed by atoms with Crippen LogP contribution in [-0.4, -0.2) is 42.1 Å². The number of hydrogen-bond donors (Lipinski definition) is 1. The Kier molecular flexibility index (Phi) is 5.52. The third kappa shape index (κ3) is 4.32. The average Bonchev–Trinajstić information content (AvgIpc) is 2.66. The van der Waals surface area contributed by atoms with Crippen molar-refractivity contribution in [1.29, 1.82) is 0 Å². The molecule has 0 aliphatic carbocycles. The molecule has 0 saturated heterocycles. The molecular formula is C20H21N3O4. The van der Waals surface area contributed by atoms with Gasteiger partial charge in [-0.25, -0.2) is 9.78 Å². The molecule has 0 aliphatic heterocycles. The van der Waals surface area contributed by atoms with Gasteiger partial charge in [-0.05, 0) is 42.9 Å². The van der Waals surface area contributed by atoms with E-state index < -0.39 is 5.97 Å². The number of carbonyl (C=O) groups excluding carboxylic acids is 1. The zero-order valence-corrected chi connectivity index (χ0v) is 15.5. The largest absolute Gasteiger partial charge is 0.497 e. The molecule has 0 spiro atoms. The standard InChI is InChI=1S/C20H21N3O4/c1-23(11-13-5-4-6-15(9-13)26-2)12-18-21-17-10-14(20(25)27-3)7-8-16(17)19(24)22-18/h4-10H,11-12H2,1-3H3,(H,21,22,24). The van der Waals surface area contributed by atoms with Crippen LogP contribution in [0.2, 0.25) is 0 Å². The van der Waals surface area contributed by atoms with Crippen molar-refractivity contribution in [3.8, 4) is 5.75 Å². The Bertz CT molecular complexity index is 1030. The molecule has 0 bridgehead atoms. The summed E-state index contributed by atoms with van der Waals surface area (Å²) in [4.78, 5) is 33.4. The van der Waals surface area contributed by atoms with Crippen molar-refractivity contribution in [3.63, 3.8) is 0 Å². The van der Waals surface area contributed by atoms with Crippen LogP contribution in [0, 0.1) is 0 Å². The summed E-state index contributed by atoms with van der Waals surface area (Å²) >= 11 is 0. The summed E-state index contributed by atoms with van der Waals surface area (Å²) in [5, 5.41) is 0.432. The molecule has 1 heterocycles. The van der Waals surface area contributed by atoms with Crippen LogP contribution in [0.3, 0.4) is 0 Å². The molecule has 0 atom stereocenters. The van der Waals surface area contributed by atoms with Crippen LogP contribution in [0.25, 0.3) is 10.9 Å². The van der Waals surface area contributed by atoms with Crippen LogP contribution >= 0.6 is 0 Å². The predicted octanol–water partition coefficient (Wildman–Crippen LogP) is 2.35. The van der Waals surface area contributed by atoms with Crippen molar-refractivity contribution in [2.45, 2.75) is 13.1 Å². The van der Waals surface area contributed by atoms with Gasteiger partial charge in [0.1, 0.15) is 11.6 Å². The molecular weight excluding hydrogens is 346 g/mol. The molecule has 0 unspecified atom stereocenters. The Hall–Kier alpha value is -3.19. The van der Waals surface area contributed by atoms with Gasteiger partial charge in [0.25, 0.3) is 5.56 Å². The maximum atomic E-state index is 12.3. The molecule has 3 rings (SSSR count). The number of nitrogens with one attached hydrogen (secondary N) is 1. The predicted molar refractivity (Wildman–Crippen MR) is 102 cm³/mol. The number of ether oxygens (including phenoxy) is 2. The van der Waals surface area contributed by atoms with Crippen LogP contribution in [0.5, 0.6) is 5.75 Å². The lowest BCUT2D eigenvalue weighted by Crippen LogP contribution is -2.22. The van der Waals surface area contributed by atoms with Crippen LogP contribution in [0.1, 0.15) is 21.7 Å². The van der Waals surface area contributed by atoms with Gasteiger partial charge in [-0.2, -0.15) is 0 Å². The Morgan fingerprint density at radius 1 is 1.15 bits per heavy atom. The molecule has 0 fully saturated rings. The van der Waals surface area contributed by atoms with Crippen molar-refractivity contribution in [3.05, 3.63) is 69.8 Å². The number of nitrogens with zero attached hydrogens (tertiary/aromatic N) is 2. The summed E-state index contributed by atoms with van der Waals surface area (Å²) in [6, 6.07) is 12.5. The van der Waals surface area contributed by atoms with Gasteiger partial charge >= 0.3 is 5.97 Å². The number of aromatic amines is 1. The van der Waals surface area contributed by atoms with E-state index in [0.717, 1.165) is 11.3 Å². The van der Waals surface area contributed by atoms with Gasteiger partial charge in [0.15, 0.2) is 0 Å². The maximum Gasteiger partial charge on any atom is 0.337 e. The van der Waals surface area contributed by atoms with Crippen molar-refractivity contribution in [1.82, 2.24) is 14.9 Å². The summed E-state index contributed by atoms with van der Waals surface area (Å²) < 4.78 is 9.97. The van der Waals surface area contributed by atoms with Gasteiger partial charge in [-0.1, -0.05) is 12.1 Å². The lowest BCUT2D eigenvalue weighted by molar-refractivity contribution is 0.0601. The first-order valence-corrected chi connectivity index (χ1v) is 8.43. The first kappa shape index (κ1) is 18.6. The minimum Gasteiger partial charge on any atom is -0.497 e. The second-order valence-electron chi connectivity index (χ2n) is 6.26. The lowest BCUT2D eigenvalue weighted by Gasteiger charge is -2.16. The number of rotatable bonds is 6. The molecule has 0 radical (unpaired) electrons. The smallest absolute Gasteiger partial charge is 0.337 e. The zero-order chi connectivity index (χ0) is 19.4. The van der Waals surface area contributed by atoms with Crippen molar-refractivity contribution >= 4 is 16.9 Å². The van der Waals surface area contributed by atoms with Gasteiger partial charge in [0.2, 0.25) is 0 Å². The summed E-state index contributed by atoms with van der Waals surface area (Å²) in [5.41, 5.74) is 1.68. The molecule has 140 valence electrons. The average molecular weight is 367 g/mol. The highest BCUT2D eigenvalue weighted by molar-refractivity contribution is 5.93. The number of esters is 1. The fraction of sp³-hybridized carbons (Fsp3) is 0.250. The Labute approximate surface area is 156 Å². The monoisotopic (exact) mass is 367 g/mol. The molecule has 3 aromatic rings. The Balaban J connectivity index is 1.83. The highest BCUT2D eigenvalue weighted by Gasteiger charge is 2.11. The molecule has 2 aromatic carbocycles. The van der Waals surface area contributed by atoms with E-state index >= 15 is 0 Å². The molecule has 0 aliphatic rings. The maximum absolute atomic E-state index is 12.3. The summed E-state index contributed by atoms with van der Waals surface area (Å²) in [6.45, 7) is 1.12. The van der Waals surface area contributed by atoms with E-state index in [0.29, 0.717) is 35.4 Å². The second-order valence-corrected chi connectivity index (χ2v) is 6.26. The highest BCUT2D eigenvalue weighted by atomic mass is 16.5. The van der Waals surface area contributed by atoms with Gasteiger partial charge in [0.05, 0.1) is 37.2 Å². The van der Waals surface area contributed by atoms with E-state index in [1.165, 1.54) is 7.11 Å². The van der Waals surface area contributed by atoms with Crippen LogP contribution in [-0.2, 0) is 17.8 Å². The fourth-order valence-corrected chi connectivity index (χ4v) is 2.90. The molecule has 0 saturated carbocycles. The normalized spacial score (nSPS) is 11.0. The van der Waals surface area contributed by atoms with Gasteiger partial charge < -0.3 is 14.5 Å². The van der Waals surface area contributed by atoms with E-state index in [1.807, 2.05) is 36.2 Å². The number of aromatic nitrogens is 2. The lowest BCUT2D eigenvalue weighted by atomic mass is 10.1. The minimum atomic E-state index is -0.462. The number of H-pyrrole nitrogens is 1. The summed E-state index contributed by atoms with van der Waals surface area (Å²) in [6.07, 6.45) is 0. The minimum absolute atomic E-state index is 0.235. The Morgan fingerprint density at radius 3 is 2.70 bits per heavy atom. The molecule has 7 nitrogen and oxygen atoms in total. The van der Waals surface area contributed by atoms with E-state index in [2.05, 4.69) is 9.97 Å². The van der Waals surface area contributed by atoms with Crippen molar-refractivity contribution < 1.29 is 14.3 Å². The van der Waals surface area contributed by atoms with E-state index in [4.69, 9.17) is 9.47 Å². The number of carbonyl (C=O) groups is 1. The van der Waals surface area contributed by atoms with Crippen LogP contribution < -0.4 is 10.3 Å². The van der Waals surface area contributed by atoms with Crippen LogP contribution in [0.4, 0.5) is 0 Å². The van der Waals surface area contributed by atoms with Crippen molar-refractivity contribution in [2.75, 3.05) is 21.3 Å². The summed E-state index contributed by atoms with van der Waals surface area (Å²) in [5.74, 6) is 0.865. The summed E-state index contributed by atoms with van der Waals surface area (Å²) in [7, 11) is 4.89. The number of fused-ring (bicyclic) bond motifs is 1. The Morgan fingerprint density at radius 2 is 1.96 bits per heavy atom. The number of benzene rings is 2. The van der Waals surface area contributed by atoms with Crippen molar-refractivity contribution in [2.24, 2.45) is 0 Å². The van der Waals surface area contributed by atoms with Gasteiger partial charge in [0, 0.05) is 6.54 Å². The molecule has 1 N–H and O–H groups in total. The van der Waals surface area contributed by atoms with Gasteiger partial charge in [-0.15, -0.1) is 0 Å². The quantitative estimate of drug-likeness (QED) is 0.673. The number of methoxy groups -OCH3 is 2. The van der Waals surface area contributed by atoms with E-state index in [-0.39, 0.29) is 5.56 Å². The van der Waals surface area contributed by atoms with E-state index in [9.17, 15) is 9.59 Å². The third-order valence-electron chi connectivity index (χ3n) is 4.18. The first-order valence-electron chi connectivity index (χ1n) is 8.43.